The minimum Gasteiger partial charge on any atom is -0.468 e. The van der Waals surface area contributed by atoms with Crippen LogP contribution in [0.25, 0.3) is 0 Å². The second-order valence-electron chi connectivity index (χ2n) is 15.7. The summed E-state index contributed by atoms with van der Waals surface area (Å²) >= 11 is 1.83. The molecule has 47 heavy (non-hydrogen) atoms. The number of hydrogen-bond donors (Lipinski definition) is 4. The first-order valence-electron chi connectivity index (χ1n) is 18.9. The molecule has 8 heteroatoms. The maximum atomic E-state index is 14.0. The highest BCUT2D eigenvalue weighted by molar-refractivity contribution is 8.04. The van der Waals surface area contributed by atoms with Crippen molar-refractivity contribution < 1.29 is 34.3 Å². The van der Waals surface area contributed by atoms with Crippen LogP contribution in [-0.4, -0.2) is 62.7 Å². The van der Waals surface area contributed by atoms with Gasteiger partial charge in [0, 0.05) is 17.8 Å². The van der Waals surface area contributed by atoms with Gasteiger partial charge in [-0.3, -0.25) is 0 Å². The van der Waals surface area contributed by atoms with Crippen molar-refractivity contribution in [3.05, 3.63) is 34.5 Å². The molecule has 11 unspecified atom stereocenters. The van der Waals surface area contributed by atoms with E-state index in [9.17, 15) is 24.8 Å². The van der Waals surface area contributed by atoms with Gasteiger partial charge in [0.05, 0.1) is 23.6 Å². The molecule has 0 saturated heterocycles. The van der Waals surface area contributed by atoms with Gasteiger partial charge in [-0.2, -0.15) is 0 Å². The molecule has 0 aromatic carbocycles. The second kappa shape index (κ2) is 16.9. The molecule has 4 aliphatic carbocycles. The molecule has 0 radical (unpaired) electrons. The first-order chi connectivity index (χ1) is 22.5. The minimum atomic E-state index is -0.886. The van der Waals surface area contributed by atoms with Crippen molar-refractivity contribution in [3.63, 3.8) is 0 Å². The first-order valence-corrected chi connectivity index (χ1v) is 19.8. The Labute approximate surface area is 287 Å². The zero-order chi connectivity index (χ0) is 33.8. The van der Waals surface area contributed by atoms with E-state index in [4.69, 9.17) is 9.47 Å². The topological polar surface area (TPSA) is 99.4 Å². The van der Waals surface area contributed by atoms with Gasteiger partial charge < -0.3 is 29.9 Å². The number of allylic oxidation sites excluding steroid dienone is 3. The highest BCUT2D eigenvalue weighted by Gasteiger charge is 2.47. The maximum absolute atomic E-state index is 14.0. The summed E-state index contributed by atoms with van der Waals surface area (Å²) in [5.74, 6) is 2.49. The predicted molar refractivity (Wildman–Crippen MR) is 187 cm³/mol. The Morgan fingerprint density at radius 1 is 0.851 bits per heavy atom. The van der Waals surface area contributed by atoms with E-state index >= 15 is 0 Å². The first kappa shape index (κ1) is 37.4. The third-order valence-electron chi connectivity index (χ3n) is 12.6. The number of alkyl halides is 1. The summed E-state index contributed by atoms with van der Waals surface area (Å²) in [5, 5.41) is 43.3. The van der Waals surface area contributed by atoms with Crippen molar-refractivity contribution in [2.75, 3.05) is 0 Å². The van der Waals surface area contributed by atoms with Gasteiger partial charge in [-0.15, -0.1) is 11.8 Å². The SMILES string of the molecule is CCC(O)C1CCC(C(O)OC2=CCC(OC(O)C3CCC(C(O)CC)CC3)C3C(C)=C(C(C)CC4C=CC(F)CC4C)SC23)CC1. The largest absolute Gasteiger partial charge is 0.468 e. The number of rotatable bonds is 13. The zero-order valence-corrected chi connectivity index (χ0v) is 30.3. The number of hydrogen-bond acceptors (Lipinski definition) is 7. The van der Waals surface area contributed by atoms with Gasteiger partial charge in [0.25, 0.3) is 0 Å². The Morgan fingerprint density at radius 3 is 1.96 bits per heavy atom. The molecule has 11 atom stereocenters. The molecule has 2 saturated carbocycles. The molecule has 268 valence electrons. The second-order valence-corrected chi connectivity index (χ2v) is 16.9. The molecule has 4 N–H and O–H groups in total. The summed E-state index contributed by atoms with van der Waals surface area (Å²) in [6, 6.07) is 0. The number of aliphatic hydroxyl groups is 4. The smallest absolute Gasteiger partial charge is 0.199 e. The van der Waals surface area contributed by atoms with E-state index < -0.39 is 18.8 Å². The molecule has 1 heterocycles. The van der Waals surface area contributed by atoms with Crippen LogP contribution in [0.4, 0.5) is 4.39 Å². The van der Waals surface area contributed by atoms with Crippen LogP contribution in [0.1, 0.15) is 118 Å². The molecule has 1 aliphatic heterocycles. The third kappa shape index (κ3) is 8.89. The molecule has 2 fully saturated rings. The van der Waals surface area contributed by atoms with Gasteiger partial charge in [0.15, 0.2) is 12.6 Å². The number of halogens is 1. The molecule has 0 aromatic heterocycles. The lowest BCUT2D eigenvalue weighted by Crippen LogP contribution is -2.41. The lowest BCUT2D eigenvalue weighted by molar-refractivity contribution is -0.185. The Balaban J connectivity index is 1.29. The van der Waals surface area contributed by atoms with Crippen LogP contribution in [0.3, 0.4) is 0 Å². The molecular formula is C39H63FO6S. The molecule has 0 amide bonds. The van der Waals surface area contributed by atoms with E-state index in [-0.39, 0.29) is 47.2 Å². The van der Waals surface area contributed by atoms with Gasteiger partial charge >= 0.3 is 0 Å². The Morgan fingerprint density at radius 2 is 1.40 bits per heavy atom. The van der Waals surface area contributed by atoms with Crippen LogP contribution in [0.15, 0.2) is 34.5 Å². The van der Waals surface area contributed by atoms with Crippen LogP contribution in [0.5, 0.6) is 0 Å². The normalized spacial score (nSPS) is 39.5. The van der Waals surface area contributed by atoms with Crippen molar-refractivity contribution in [2.24, 2.45) is 47.3 Å². The highest BCUT2D eigenvalue weighted by atomic mass is 32.2. The average Bonchev–Trinajstić information content (AvgIpc) is 3.44. The average molecular weight is 679 g/mol. The van der Waals surface area contributed by atoms with Gasteiger partial charge in [0.1, 0.15) is 11.9 Å². The molecule has 5 aliphatic rings. The van der Waals surface area contributed by atoms with Crippen LogP contribution in [0.2, 0.25) is 0 Å². The van der Waals surface area contributed by atoms with E-state index in [2.05, 4.69) is 32.9 Å². The molecule has 0 aromatic rings. The number of aliphatic hydroxyl groups excluding tert-OH is 4. The van der Waals surface area contributed by atoms with Crippen molar-refractivity contribution in [1.82, 2.24) is 0 Å². The van der Waals surface area contributed by atoms with Gasteiger partial charge in [-0.1, -0.05) is 45.4 Å². The lowest BCUT2D eigenvalue weighted by atomic mass is 9.77. The molecule has 0 bridgehead atoms. The summed E-state index contributed by atoms with van der Waals surface area (Å²) in [6.45, 7) is 10.7. The molecule has 6 nitrogen and oxygen atoms in total. The number of thioether (sulfide) groups is 1. The summed E-state index contributed by atoms with van der Waals surface area (Å²) in [4.78, 5) is 1.33. The van der Waals surface area contributed by atoms with Crippen LogP contribution in [0, 0.1) is 47.3 Å². The fraction of sp³-hybridized carbons (Fsp3) is 0.846. The van der Waals surface area contributed by atoms with E-state index in [1.165, 1.54) is 10.5 Å². The fourth-order valence-corrected chi connectivity index (χ4v) is 11.1. The van der Waals surface area contributed by atoms with E-state index in [1.807, 2.05) is 25.6 Å². The fourth-order valence-electron chi connectivity index (χ4n) is 9.37. The molecular weight excluding hydrogens is 615 g/mol. The van der Waals surface area contributed by atoms with E-state index in [0.717, 1.165) is 76.4 Å². The van der Waals surface area contributed by atoms with Crippen LogP contribution >= 0.6 is 11.8 Å². The number of ether oxygens (including phenoxy) is 2. The quantitative estimate of drug-likeness (QED) is 0.116. The standard InChI is InChI=1S/C39H63FO6S/c1-6-31(41)25-8-12-27(13-9-25)38(43)45-33-18-19-34(46-39(44)28-14-10-26(11-15-28)32(42)7-2)37-35(33)24(5)36(47-37)23(4)20-29-16-17-30(40)21-22(29)3/h16-17,19,22-23,25-33,35,37-39,41-44H,6-15,18,20-21H2,1-5H3. The van der Waals surface area contributed by atoms with Gasteiger partial charge in [-0.25, -0.2) is 4.39 Å². The third-order valence-corrected chi connectivity index (χ3v) is 14.4. The van der Waals surface area contributed by atoms with E-state index in [1.54, 1.807) is 6.08 Å². The van der Waals surface area contributed by atoms with Gasteiger partial charge in [0.2, 0.25) is 0 Å². The number of fused-ring (bicyclic) bond motifs is 1. The summed E-state index contributed by atoms with van der Waals surface area (Å²) in [7, 11) is 0. The Bertz CT molecular complexity index is 1100. The monoisotopic (exact) mass is 678 g/mol. The Hall–Kier alpha value is -0.900. The summed E-state index contributed by atoms with van der Waals surface area (Å²) in [5.41, 5.74) is 1.29. The summed E-state index contributed by atoms with van der Waals surface area (Å²) < 4.78 is 27.0. The van der Waals surface area contributed by atoms with Crippen molar-refractivity contribution in [2.45, 2.75) is 160 Å². The van der Waals surface area contributed by atoms with Crippen molar-refractivity contribution >= 4 is 11.8 Å². The van der Waals surface area contributed by atoms with Crippen molar-refractivity contribution in [3.8, 4) is 0 Å². The predicted octanol–water partition coefficient (Wildman–Crippen LogP) is 8.05. The van der Waals surface area contributed by atoms with E-state index in [0.29, 0.717) is 36.5 Å². The maximum Gasteiger partial charge on any atom is 0.199 e. The minimum absolute atomic E-state index is 0.0301. The van der Waals surface area contributed by atoms with Crippen LogP contribution in [-0.2, 0) is 9.47 Å². The van der Waals surface area contributed by atoms with Gasteiger partial charge in [-0.05, 0) is 131 Å². The van der Waals surface area contributed by atoms with Crippen LogP contribution < -0.4 is 0 Å². The van der Waals surface area contributed by atoms with Crippen molar-refractivity contribution in [1.29, 1.82) is 0 Å². The lowest BCUT2D eigenvalue weighted by Gasteiger charge is -2.39. The molecule has 0 spiro atoms. The summed E-state index contributed by atoms with van der Waals surface area (Å²) in [6.07, 6.45) is 13.3. The molecule has 5 rings (SSSR count). The highest BCUT2D eigenvalue weighted by Crippen LogP contribution is 2.54. The zero-order valence-electron chi connectivity index (χ0n) is 29.5. The Kier molecular flexibility index (Phi) is 13.4.